The van der Waals surface area contributed by atoms with Crippen LogP contribution in [0.25, 0.3) is 0 Å². The normalized spacial score (nSPS) is 13.7. The van der Waals surface area contributed by atoms with Gasteiger partial charge in [0.25, 0.3) is 0 Å². The summed E-state index contributed by atoms with van der Waals surface area (Å²) in [4.78, 5) is 0.486. The third-order valence-corrected chi connectivity index (χ3v) is 3.94. The molecule has 0 bridgehead atoms. The summed E-state index contributed by atoms with van der Waals surface area (Å²) in [5.41, 5.74) is 0.274. The predicted octanol–water partition coefficient (Wildman–Crippen LogP) is 2.65. The molecule has 0 radical (unpaired) electrons. The zero-order valence-corrected chi connectivity index (χ0v) is 10.8. The lowest BCUT2D eigenvalue weighted by Crippen LogP contribution is -2.20. The molecule has 8 heteroatoms. The highest BCUT2D eigenvalue weighted by atomic mass is 32.2. The molecule has 0 aliphatic carbocycles. The maximum absolute atomic E-state index is 12.3. The van der Waals surface area contributed by atoms with Crippen LogP contribution >= 0.6 is 0 Å². The molecular weight excluding hydrogens is 281 g/mol. The van der Waals surface area contributed by atoms with E-state index < -0.39 is 23.5 Å². The van der Waals surface area contributed by atoms with Crippen LogP contribution in [0.3, 0.4) is 0 Å². The first-order valence-electron chi connectivity index (χ1n) is 5.37. The maximum Gasteiger partial charge on any atom is 0.408 e. The number of hydrogen-bond donors (Lipinski definition) is 0. The lowest BCUT2D eigenvalue weighted by Gasteiger charge is -2.09. The highest BCUT2D eigenvalue weighted by Crippen LogP contribution is 2.21. The molecule has 0 fully saturated rings. The third kappa shape index (κ3) is 3.46. The van der Waals surface area contributed by atoms with Gasteiger partial charge in [-0.3, -0.25) is 8.89 Å². The average Bonchev–Trinajstić information content (AvgIpc) is 2.86. The van der Waals surface area contributed by atoms with E-state index >= 15 is 0 Å². The van der Waals surface area contributed by atoms with E-state index in [1.54, 1.807) is 13.0 Å². The van der Waals surface area contributed by atoms with Crippen molar-refractivity contribution < 1.29 is 21.8 Å². The largest absolute Gasteiger partial charge is 0.468 e. The van der Waals surface area contributed by atoms with Gasteiger partial charge >= 0.3 is 6.18 Å². The topological polar surface area (TPSA) is 48.0 Å². The van der Waals surface area contributed by atoms with Gasteiger partial charge in [-0.2, -0.15) is 18.3 Å². The molecule has 0 aliphatic rings. The van der Waals surface area contributed by atoms with Crippen molar-refractivity contribution >= 4 is 10.8 Å². The third-order valence-electron chi connectivity index (χ3n) is 2.47. The Morgan fingerprint density at radius 1 is 1.42 bits per heavy atom. The molecule has 104 valence electrons. The first-order chi connectivity index (χ1) is 8.87. The summed E-state index contributed by atoms with van der Waals surface area (Å²) in [6.45, 7) is 0.469. The number of halogens is 3. The predicted molar refractivity (Wildman–Crippen MR) is 61.8 cm³/mol. The minimum Gasteiger partial charge on any atom is -0.468 e. The van der Waals surface area contributed by atoms with Crippen molar-refractivity contribution in [1.82, 2.24) is 9.78 Å². The van der Waals surface area contributed by atoms with Crippen LogP contribution < -0.4 is 0 Å². The van der Waals surface area contributed by atoms with Crippen molar-refractivity contribution in [1.29, 1.82) is 0 Å². The number of nitrogens with zero attached hydrogens (tertiary/aromatic N) is 2. The SMILES string of the molecule is Cc1occc1S(=O)Cc1ccnn1CC(F)(F)F. The Morgan fingerprint density at radius 3 is 2.74 bits per heavy atom. The number of alkyl halides is 3. The Labute approximate surface area is 109 Å². The van der Waals surface area contributed by atoms with Gasteiger partial charge in [-0.15, -0.1) is 0 Å². The van der Waals surface area contributed by atoms with Gasteiger partial charge in [0.1, 0.15) is 12.3 Å². The lowest BCUT2D eigenvalue weighted by atomic mass is 10.5. The van der Waals surface area contributed by atoms with Crippen molar-refractivity contribution in [3.8, 4) is 0 Å². The summed E-state index contributed by atoms with van der Waals surface area (Å²) in [7, 11) is -1.45. The summed E-state index contributed by atoms with van der Waals surface area (Å²) in [5.74, 6) is 0.469. The first-order valence-corrected chi connectivity index (χ1v) is 6.68. The van der Waals surface area contributed by atoms with Crippen LogP contribution in [0.15, 0.2) is 33.9 Å². The Bertz CT molecular complexity index is 589. The molecule has 2 heterocycles. The highest BCUT2D eigenvalue weighted by Gasteiger charge is 2.29. The van der Waals surface area contributed by atoms with Gasteiger partial charge in [-0.05, 0) is 19.1 Å². The molecule has 2 aromatic rings. The molecule has 0 saturated carbocycles. The molecule has 19 heavy (non-hydrogen) atoms. The van der Waals surface area contributed by atoms with E-state index in [2.05, 4.69) is 5.10 Å². The number of aryl methyl sites for hydroxylation is 1. The van der Waals surface area contributed by atoms with Gasteiger partial charge < -0.3 is 4.42 Å². The number of furan rings is 1. The number of hydrogen-bond acceptors (Lipinski definition) is 3. The minimum atomic E-state index is -4.35. The van der Waals surface area contributed by atoms with E-state index in [9.17, 15) is 17.4 Å². The van der Waals surface area contributed by atoms with Crippen LogP contribution in [0.2, 0.25) is 0 Å². The summed E-state index contributed by atoms with van der Waals surface area (Å²) in [6, 6.07) is 2.98. The van der Waals surface area contributed by atoms with Crippen LogP contribution in [0, 0.1) is 6.92 Å². The Balaban J connectivity index is 2.14. The van der Waals surface area contributed by atoms with E-state index in [1.807, 2.05) is 0 Å². The zero-order chi connectivity index (χ0) is 14.0. The zero-order valence-electron chi connectivity index (χ0n) is 9.98. The molecule has 1 unspecified atom stereocenters. The van der Waals surface area contributed by atoms with Crippen molar-refractivity contribution in [2.75, 3.05) is 0 Å². The second-order valence-electron chi connectivity index (χ2n) is 3.93. The van der Waals surface area contributed by atoms with Gasteiger partial charge in [0, 0.05) is 6.20 Å². The van der Waals surface area contributed by atoms with Gasteiger partial charge in [0.05, 0.1) is 33.4 Å². The van der Waals surface area contributed by atoms with Gasteiger partial charge in [0.15, 0.2) is 0 Å². The molecular formula is C11H11F3N2O2S. The molecule has 4 nitrogen and oxygen atoms in total. The van der Waals surface area contributed by atoms with Gasteiger partial charge in [-0.1, -0.05) is 0 Å². The monoisotopic (exact) mass is 292 g/mol. The summed E-state index contributed by atoms with van der Waals surface area (Å²) < 4.78 is 54.8. The fraction of sp³-hybridized carbons (Fsp3) is 0.364. The molecule has 0 aliphatic heterocycles. The standard InChI is InChI=1S/C11H11F3N2O2S/c1-8-10(3-5-18-8)19(17)6-9-2-4-15-16(9)7-11(12,13)14/h2-5H,6-7H2,1H3. The fourth-order valence-corrected chi connectivity index (χ4v) is 2.86. The van der Waals surface area contributed by atoms with Crippen molar-refractivity contribution in [2.24, 2.45) is 0 Å². The average molecular weight is 292 g/mol. The molecule has 0 amide bonds. The lowest BCUT2D eigenvalue weighted by molar-refractivity contribution is -0.142. The second kappa shape index (κ2) is 5.20. The molecule has 0 spiro atoms. The minimum absolute atomic E-state index is 0.0313. The summed E-state index contributed by atoms with van der Waals surface area (Å²) >= 11 is 0. The van der Waals surface area contributed by atoms with Crippen LogP contribution in [-0.4, -0.2) is 20.2 Å². The highest BCUT2D eigenvalue weighted by molar-refractivity contribution is 7.84. The van der Waals surface area contributed by atoms with Crippen molar-refractivity contribution in [3.63, 3.8) is 0 Å². The second-order valence-corrected chi connectivity index (χ2v) is 5.35. The number of aromatic nitrogens is 2. The van der Waals surface area contributed by atoms with Gasteiger partial charge in [0.2, 0.25) is 0 Å². The van der Waals surface area contributed by atoms with E-state index in [-0.39, 0.29) is 11.4 Å². The Kier molecular flexibility index (Phi) is 3.79. The van der Waals surface area contributed by atoms with Crippen LogP contribution in [0.5, 0.6) is 0 Å². The quantitative estimate of drug-likeness (QED) is 0.870. The van der Waals surface area contributed by atoms with Crippen molar-refractivity contribution in [3.05, 3.63) is 36.0 Å². The molecule has 0 N–H and O–H groups in total. The molecule has 0 saturated heterocycles. The fourth-order valence-electron chi connectivity index (χ4n) is 1.62. The van der Waals surface area contributed by atoms with Gasteiger partial charge in [-0.25, -0.2) is 0 Å². The summed E-state index contributed by atoms with van der Waals surface area (Å²) in [6.07, 6.45) is -1.69. The first kappa shape index (κ1) is 13.9. The van der Waals surface area contributed by atoms with Crippen LogP contribution in [-0.2, 0) is 23.1 Å². The smallest absolute Gasteiger partial charge is 0.408 e. The molecule has 2 rings (SSSR count). The summed E-state index contributed by atoms with van der Waals surface area (Å²) in [5, 5.41) is 3.60. The Hall–Kier alpha value is -1.57. The van der Waals surface area contributed by atoms with E-state index in [0.29, 0.717) is 10.7 Å². The maximum atomic E-state index is 12.3. The Morgan fingerprint density at radius 2 is 2.16 bits per heavy atom. The van der Waals surface area contributed by atoms with E-state index in [4.69, 9.17) is 4.42 Å². The van der Waals surface area contributed by atoms with E-state index in [0.717, 1.165) is 4.68 Å². The van der Waals surface area contributed by atoms with E-state index in [1.165, 1.54) is 18.5 Å². The van der Waals surface area contributed by atoms with Crippen molar-refractivity contribution in [2.45, 2.75) is 30.3 Å². The molecule has 1 atom stereocenters. The number of rotatable bonds is 4. The van der Waals surface area contributed by atoms with Crippen LogP contribution in [0.4, 0.5) is 13.2 Å². The molecule has 0 aromatic carbocycles. The molecule has 2 aromatic heterocycles. The van der Waals surface area contributed by atoms with Crippen LogP contribution in [0.1, 0.15) is 11.5 Å².